The fourth-order valence-corrected chi connectivity index (χ4v) is 12.6. The summed E-state index contributed by atoms with van der Waals surface area (Å²) in [6.07, 6.45) is 3.22. The van der Waals surface area contributed by atoms with Crippen LogP contribution in [0.25, 0.3) is 44.5 Å². The molecule has 8 aromatic rings. The van der Waals surface area contributed by atoms with Crippen molar-refractivity contribution in [2.45, 2.75) is 96.3 Å². The Morgan fingerprint density at radius 3 is 1.74 bits per heavy atom. The van der Waals surface area contributed by atoms with E-state index in [2.05, 4.69) is 224 Å². The molecule has 2 heterocycles. The molecule has 1 nitrogen and oxygen atoms in total. The van der Waals surface area contributed by atoms with E-state index in [4.69, 9.17) is 0 Å². The number of rotatable bonds is 5. The molecule has 0 saturated carbocycles. The minimum Gasteiger partial charge on any atom is -0.311 e. The van der Waals surface area contributed by atoms with Gasteiger partial charge in [-0.05, 0) is 137 Å². The molecular formula is C63H58BN. The molecule has 0 atom stereocenters. The molecule has 0 bridgehead atoms. The second-order valence-electron chi connectivity index (χ2n) is 22.0. The van der Waals surface area contributed by atoms with Crippen LogP contribution in [0.15, 0.2) is 164 Å². The molecule has 0 aromatic heterocycles. The summed E-state index contributed by atoms with van der Waals surface area (Å²) in [5, 5.41) is 0. The lowest BCUT2D eigenvalue weighted by Crippen LogP contribution is -2.47. The lowest BCUT2D eigenvalue weighted by Gasteiger charge is -2.50. The third-order valence-corrected chi connectivity index (χ3v) is 16.4. The van der Waals surface area contributed by atoms with E-state index in [1.165, 1.54) is 130 Å². The molecule has 0 radical (unpaired) electrons. The lowest BCUT2D eigenvalue weighted by atomic mass is 9.54. The van der Waals surface area contributed by atoms with E-state index in [0.717, 1.165) is 13.7 Å². The Morgan fingerprint density at radius 2 is 1.03 bits per heavy atom. The number of anilines is 3. The Kier molecular flexibility index (Phi) is 8.69. The third-order valence-electron chi connectivity index (χ3n) is 16.4. The van der Waals surface area contributed by atoms with E-state index >= 15 is 0 Å². The zero-order valence-corrected chi connectivity index (χ0v) is 39.4. The van der Waals surface area contributed by atoms with Gasteiger partial charge in [0.15, 0.2) is 7.28 Å². The van der Waals surface area contributed by atoms with Crippen LogP contribution in [0.5, 0.6) is 0 Å². The van der Waals surface area contributed by atoms with Crippen molar-refractivity contribution in [1.29, 1.82) is 0 Å². The predicted molar refractivity (Wildman–Crippen MR) is 278 cm³/mol. The minimum atomic E-state index is -0.204. The Hall–Kier alpha value is -6.38. The second kappa shape index (κ2) is 14.1. The van der Waals surface area contributed by atoms with Crippen molar-refractivity contribution in [3.63, 3.8) is 0 Å². The smallest absolute Gasteiger partial charge is 0.198 e. The standard InChI is InChI=1S/C63H58BN/c1-60(2)32-33-61(3,4)52-38-55-53(37-51(52)60)62(5,6)50-24-17-25-54-58(50)65(55)59-56-47(46-22-15-16-23-49(46)63(56,7)8)36-48(57(59)64-54)45-31-30-43(41-20-13-10-14-21-41)35-44(45)34-39-26-28-42(29-27-39)40-18-11-9-12-19-40/h9-31,35-38,64H,32-34H2,1-8H3. The molecule has 0 saturated heterocycles. The highest BCUT2D eigenvalue weighted by molar-refractivity contribution is 6.73. The van der Waals surface area contributed by atoms with Crippen molar-refractivity contribution in [2.24, 2.45) is 0 Å². The van der Waals surface area contributed by atoms with Gasteiger partial charge in [-0.3, -0.25) is 0 Å². The number of benzene rings is 8. The van der Waals surface area contributed by atoms with Crippen LogP contribution in [-0.4, -0.2) is 7.28 Å². The fourth-order valence-electron chi connectivity index (χ4n) is 12.6. The Bertz CT molecular complexity index is 3240. The van der Waals surface area contributed by atoms with E-state index in [1.807, 2.05) is 0 Å². The third kappa shape index (κ3) is 5.98. The molecule has 318 valence electrons. The van der Waals surface area contributed by atoms with Crippen LogP contribution in [0.4, 0.5) is 17.1 Å². The SMILES string of the molecule is CC1(C)CCC(C)(C)c2cc3c(cc21)N1c2c(cccc2C3(C)C)Bc2c(-c3ccc(-c4ccccc4)cc3Cc3ccc(-c4ccccc4)cc3)cc3c(c21)C(C)(C)c1ccccc1-3. The van der Waals surface area contributed by atoms with Crippen LogP contribution >= 0.6 is 0 Å². The van der Waals surface area contributed by atoms with Crippen molar-refractivity contribution in [3.8, 4) is 44.5 Å². The van der Waals surface area contributed by atoms with Crippen molar-refractivity contribution in [1.82, 2.24) is 0 Å². The van der Waals surface area contributed by atoms with Crippen molar-refractivity contribution in [2.75, 3.05) is 4.90 Å². The Labute approximate surface area is 387 Å². The first-order valence-electron chi connectivity index (χ1n) is 24.0. The van der Waals surface area contributed by atoms with Gasteiger partial charge in [-0.1, -0.05) is 213 Å². The first-order chi connectivity index (χ1) is 31.2. The molecule has 8 aromatic carbocycles. The van der Waals surface area contributed by atoms with Gasteiger partial charge in [0, 0.05) is 22.2 Å². The van der Waals surface area contributed by atoms with Crippen LogP contribution in [0, 0.1) is 0 Å². The largest absolute Gasteiger partial charge is 0.311 e. The summed E-state index contributed by atoms with van der Waals surface area (Å²) in [6, 6.07) is 62.6. The van der Waals surface area contributed by atoms with Gasteiger partial charge in [-0.15, -0.1) is 0 Å². The van der Waals surface area contributed by atoms with Crippen LogP contribution in [0.2, 0.25) is 0 Å². The first-order valence-corrected chi connectivity index (χ1v) is 24.0. The summed E-state index contributed by atoms with van der Waals surface area (Å²) < 4.78 is 0. The van der Waals surface area contributed by atoms with E-state index in [9.17, 15) is 0 Å². The second-order valence-corrected chi connectivity index (χ2v) is 22.0. The van der Waals surface area contributed by atoms with Crippen molar-refractivity contribution in [3.05, 3.63) is 208 Å². The average Bonchev–Trinajstić information content (AvgIpc) is 3.55. The van der Waals surface area contributed by atoms with Gasteiger partial charge in [-0.25, -0.2) is 0 Å². The Morgan fingerprint density at radius 1 is 0.431 bits per heavy atom. The molecule has 65 heavy (non-hydrogen) atoms. The monoisotopic (exact) mass is 839 g/mol. The summed E-state index contributed by atoms with van der Waals surface area (Å²) in [6.45, 7) is 19.8. The summed E-state index contributed by atoms with van der Waals surface area (Å²) >= 11 is 0. The number of para-hydroxylation sites is 1. The van der Waals surface area contributed by atoms with Gasteiger partial charge in [0.1, 0.15) is 0 Å². The average molecular weight is 840 g/mol. The molecule has 2 aliphatic carbocycles. The molecule has 0 amide bonds. The zero-order valence-electron chi connectivity index (χ0n) is 39.4. The molecule has 2 aliphatic heterocycles. The highest BCUT2D eigenvalue weighted by Gasteiger charge is 2.48. The summed E-state index contributed by atoms with van der Waals surface area (Å²) in [7, 11) is 0.880. The highest BCUT2D eigenvalue weighted by atomic mass is 15.2. The predicted octanol–water partition coefficient (Wildman–Crippen LogP) is 14.7. The van der Waals surface area contributed by atoms with Crippen LogP contribution < -0.4 is 15.8 Å². The fraction of sp³-hybridized carbons (Fsp3) is 0.238. The number of nitrogens with zero attached hydrogens (tertiary/aromatic N) is 1. The molecule has 2 heteroatoms. The number of hydrogen-bond acceptors (Lipinski definition) is 1. The summed E-state index contributed by atoms with van der Waals surface area (Å²) in [5.41, 5.74) is 28.7. The normalized spacial score (nSPS) is 17.1. The quantitative estimate of drug-likeness (QED) is 0.156. The maximum atomic E-state index is 2.79. The van der Waals surface area contributed by atoms with Crippen molar-refractivity contribution >= 4 is 35.3 Å². The molecular weight excluding hydrogens is 782 g/mol. The molecule has 12 rings (SSSR count). The molecule has 0 unspecified atom stereocenters. The molecule has 0 spiro atoms. The Balaban J connectivity index is 1.14. The van der Waals surface area contributed by atoms with Crippen molar-refractivity contribution < 1.29 is 0 Å². The zero-order chi connectivity index (χ0) is 44.6. The van der Waals surface area contributed by atoms with Gasteiger partial charge < -0.3 is 4.90 Å². The minimum absolute atomic E-state index is 0.0798. The molecule has 0 fully saturated rings. The summed E-state index contributed by atoms with van der Waals surface area (Å²) in [5.74, 6) is 0. The first kappa shape index (κ1) is 40.2. The number of fused-ring (bicyclic) bond motifs is 9. The van der Waals surface area contributed by atoms with E-state index in [1.54, 1.807) is 0 Å². The van der Waals surface area contributed by atoms with E-state index in [0.29, 0.717) is 0 Å². The van der Waals surface area contributed by atoms with Crippen LogP contribution in [-0.2, 0) is 28.1 Å². The number of hydrogen-bond donors (Lipinski definition) is 0. The van der Waals surface area contributed by atoms with Gasteiger partial charge in [0.05, 0.1) is 5.69 Å². The molecule has 0 N–H and O–H groups in total. The lowest BCUT2D eigenvalue weighted by molar-refractivity contribution is 0.331. The van der Waals surface area contributed by atoms with Gasteiger partial charge in [-0.2, -0.15) is 0 Å². The maximum Gasteiger partial charge on any atom is 0.198 e. The van der Waals surface area contributed by atoms with Gasteiger partial charge in [0.2, 0.25) is 0 Å². The molecule has 4 aliphatic rings. The van der Waals surface area contributed by atoms with Crippen LogP contribution in [0.1, 0.15) is 113 Å². The highest BCUT2D eigenvalue weighted by Crippen LogP contribution is 2.61. The summed E-state index contributed by atoms with van der Waals surface area (Å²) in [4.78, 5) is 2.79. The van der Waals surface area contributed by atoms with Gasteiger partial charge >= 0.3 is 0 Å². The van der Waals surface area contributed by atoms with Gasteiger partial charge in [0.25, 0.3) is 0 Å². The maximum absolute atomic E-state index is 2.79. The van der Waals surface area contributed by atoms with E-state index in [-0.39, 0.29) is 21.7 Å². The topological polar surface area (TPSA) is 3.24 Å². The van der Waals surface area contributed by atoms with Crippen LogP contribution in [0.3, 0.4) is 0 Å². The van der Waals surface area contributed by atoms with E-state index < -0.39 is 0 Å².